The number of carbonyl (C=O) groups is 2. The average Bonchev–Trinajstić information content (AvgIpc) is 3.40. The highest BCUT2D eigenvalue weighted by atomic mass is 79.9. The van der Waals surface area contributed by atoms with Crippen LogP contribution < -0.4 is 5.32 Å². The smallest absolute Gasteiger partial charge is 0.272 e. The van der Waals surface area contributed by atoms with Crippen molar-refractivity contribution in [1.82, 2.24) is 14.8 Å². The van der Waals surface area contributed by atoms with Crippen LogP contribution in [0.5, 0.6) is 0 Å². The van der Waals surface area contributed by atoms with Crippen molar-refractivity contribution in [3.63, 3.8) is 0 Å². The first-order chi connectivity index (χ1) is 19.0. The van der Waals surface area contributed by atoms with Gasteiger partial charge < -0.3 is 14.8 Å². The predicted octanol–water partition coefficient (Wildman–Crippen LogP) is 7.42. The molecule has 0 spiro atoms. The molecule has 1 atom stereocenters. The fourth-order valence-corrected chi connectivity index (χ4v) is 7.71. The number of carbonyl (C=O) groups excluding carboxylic acids is 2. The maximum absolute atomic E-state index is 14.7. The van der Waals surface area contributed by atoms with E-state index in [1.807, 2.05) is 65.6 Å². The molecule has 1 fully saturated rings. The van der Waals surface area contributed by atoms with Gasteiger partial charge in [-0.25, -0.2) is 0 Å². The number of thiophene rings is 1. The Hall–Kier alpha value is -2.90. The number of halogens is 1. The maximum atomic E-state index is 14.7. The number of aryl methyl sites for hydroxylation is 1. The van der Waals surface area contributed by atoms with Gasteiger partial charge in [-0.15, -0.1) is 11.3 Å². The molecule has 1 N–H and O–H groups in total. The van der Waals surface area contributed by atoms with Crippen molar-refractivity contribution < 1.29 is 9.59 Å². The van der Waals surface area contributed by atoms with E-state index in [0.29, 0.717) is 18.8 Å². The molecule has 5 nitrogen and oxygen atoms in total. The minimum absolute atomic E-state index is 0.0838. The molecule has 202 valence electrons. The van der Waals surface area contributed by atoms with Gasteiger partial charge in [0.25, 0.3) is 11.8 Å². The van der Waals surface area contributed by atoms with Crippen molar-refractivity contribution in [1.29, 1.82) is 0 Å². The minimum Gasteiger partial charge on any atom is -0.351 e. The van der Waals surface area contributed by atoms with Crippen LogP contribution in [0.2, 0.25) is 0 Å². The zero-order valence-electron chi connectivity index (χ0n) is 22.3. The Morgan fingerprint density at radius 3 is 2.46 bits per heavy atom. The highest BCUT2D eigenvalue weighted by molar-refractivity contribution is 9.10. The number of nitrogens with zero attached hydrogens (tertiary/aromatic N) is 2. The zero-order chi connectivity index (χ0) is 27.0. The van der Waals surface area contributed by atoms with E-state index in [1.165, 1.54) is 17.7 Å². The van der Waals surface area contributed by atoms with Gasteiger partial charge in [0.2, 0.25) is 0 Å². The Bertz CT molecular complexity index is 1500. The van der Waals surface area contributed by atoms with Crippen molar-refractivity contribution >= 4 is 49.3 Å². The monoisotopic (exact) mass is 603 g/mol. The molecule has 2 aromatic heterocycles. The molecule has 1 aliphatic carbocycles. The Labute approximate surface area is 242 Å². The lowest BCUT2D eigenvalue weighted by Gasteiger charge is -2.47. The molecule has 2 amide bonds. The molecule has 7 heteroatoms. The summed E-state index contributed by atoms with van der Waals surface area (Å²) in [6.45, 7) is 2.86. The second kappa shape index (κ2) is 10.9. The van der Waals surface area contributed by atoms with Crippen LogP contribution in [-0.2, 0) is 29.8 Å². The van der Waals surface area contributed by atoms with Crippen LogP contribution in [0.1, 0.15) is 71.9 Å². The summed E-state index contributed by atoms with van der Waals surface area (Å²) in [6, 6.07) is 22.2. The van der Waals surface area contributed by atoms with Crippen LogP contribution >= 0.6 is 27.3 Å². The summed E-state index contributed by atoms with van der Waals surface area (Å²) in [4.78, 5) is 32.4. The summed E-state index contributed by atoms with van der Waals surface area (Å²) in [6.07, 6.45) is 7.59. The van der Waals surface area contributed by atoms with E-state index in [4.69, 9.17) is 0 Å². The molecule has 0 bridgehead atoms. The summed E-state index contributed by atoms with van der Waals surface area (Å²) in [5.74, 6) is -0.197. The molecule has 0 radical (unpaired) electrons. The van der Waals surface area contributed by atoms with E-state index in [0.717, 1.165) is 57.9 Å². The molecule has 39 heavy (non-hydrogen) atoms. The second-order valence-corrected chi connectivity index (χ2v) is 12.8. The lowest BCUT2D eigenvalue weighted by Crippen LogP contribution is -2.64. The van der Waals surface area contributed by atoms with Gasteiger partial charge >= 0.3 is 0 Å². The van der Waals surface area contributed by atoms with Gasteiger partial charge in [0.15, 0.2) is 5.54 Å². The molecule has 3 heterocycles. The van der Waals surface area contributed by atoms with Gasteiger partial charge in [-0.3, -0.25) is 9.59 Å². The fraction of sp³-hybridized carbons (Fsp3) is 0.375. The molecular weight excluding hydrogens is 570 g/mol. The molecule has 4 aromatic rings. The van der Waals surface area contributed by atoms with Crippen molar-refractivity contribution in [2.75, 3.05) is 0 Å². The minimum atomic E-state index is -1.19. The van der Waals surface area contributed by atoms with Gasteiger partial charge in [0, 0.05) is 21.9 Å². The van der Waals surface area contributed by atoms with E-state index < -0.39 is 5.54 Å². The van der Waals surface area contributed by atoms with Crippen molar-refractivity contribution in [3.05, 3.63) is 92.9 Å². The Balaban J connectivity index is 1.53. The van der Waals surface area contributed by atoms with E-state index in [9.17, 15) is 9.59 Å². The molecule has 1 saturated carbocycles. The number of rotatable bonds is 6. The second-order valence-electron chi connectivity index (χ2n) is 10.8. The van der Waals surface area contributed by atoms with Gasteiger partial charge in [-0.1, -0.05) is 97.1 Å². The number of hydrogen-bond acceptors (Lipinski definition) is 3. The van der Waals surface area contributed by atoms with Crippen molar-refractivity contribution in [3.8, 4) is 0 Å². The van der Waals surface area contributed by atoms with Crippen LogP contribution in [0, 0.1) is 0 Å². The molecule has 0 saturated heterocycles. The van der Waals surface area contributed by atoms with E-state index in [1.54, 1.807) is 11.3 Å². The van der Waals surface area contributed by atoms with Crippen LogP contribution in [0.3, 0.4) is 0 Å². The fourth-order valence-electron chi connectivity index (χ4n) is 6.26. The maximum Gasteiger partial charge on any atom is 0.272 e. The number of benzene rings is 2. The third kappa shape index (κ3) is 4.74. The first-order valence-corrected chi connectivity index (χ1v) is 15.7. The Kier molecular flexibility index (Phi) is 7.38. The summed E-state index contributed by atoms with van der Waals surface area (Å²) in [7, 11) is 0. The number of hydrogen-bond donors (Lipinski definition) is 1. The Morgan fingerprint density at radius 2 is 1.74 bits per heavy atom. The zero-order valence-corrected chi connectivity index (χ0v) is 24.7. The first kappa shape index (κ1) is 26.3. The Morgan fingerprint density at radius 1 is 1.03 bits per heavy atom. The van der Waals surface area contributed by atoms with Crippen LogP contribution in [0.4, 0.5) is 0 Å². The number of nitrogens with one attached hydrogen (secondary N) is 1. The number of fused-ring (bicyclic) bond motifs is 3. The summed E-state index contributed by atoms with van der Waals surface area (Å²) >= 11 is 5.43. The highest BCUT2D eigenvalue weighted by Gasteiger charge is 2.53. The largest absolute Gasteiger partial charge is 0.351 e. The van der Waals surface area contributed by atoms with Crippen molar-refractivity contribution in [2.24, 2.45) is 0 Å². The molecule has 2 aromatic carbocycles. The summed E-state index contributed by atoms with van der Waals surface area (Å²) in [5, 5.41) is 3.45. The third-order valence-electron chi connectivity index (χ3n) is 8.40. The quantitative estimate of drug-likeness (QED) is 0.233. The van der Waals surface area contributed by atoms with Gasteiger partial charge in [0.1, 0.15) is 5.69 Å². The topological polar surface area (TPSA) is 54.3 Å². The normalized spacial score (nSPS) is 20.2. The summed E-state index contributed by atoms with van der Waals surface area (Å²) < 4.78 is 4.13. The SMILES string of the molecule is CCc1cc2c(cc3n2CC(C(=O)NC2CCCCCC2)(c2ccccc2)N(Cc2ccccc2Br)C3=O)s1. The van der Waals surface area contributed by atoms with E-state index >= 15 is 0 Å². The number of amides is 2. The van der Waals surface area contributed by atoms with Gasteiger partial charge in [-0.05, 0) is 48.6 Å². The van der Waals surface area contributed by atoms with E-state index in [-0.39, 0.29) is 17.9 Å². The molecule has 1 aliphatic heterocycles. The van der Waals surface area contributed by atoms with Gasteiger partial charge in [0.05, 0.1) is 16.8 Å². The lowest BCUT2D eigenvalue weighted by molar-refractivity contribution is -0.136. The first-order valence-electron chi connectivity index (χ1n) is 14.0. The third-order valence-corrected chi connectivity index (χ3v) is 10.4. The predicted molar refractivity (Wildman–Crippen MR) is 161 cm³/mol. The van der Waals surface area contributed by atoms with Gasteiger partial charge in [-0.2, -0.15) is 0 Å². The highest BCUT2D eigenvalue weighted by Crippen LogP contribution is 2.42. The standard InChI is InChI=1S/C32H34BrN3O2S/c1-2-25-18-27-29(39-25)19-28-30(37)36(20-22-12-10-11-17-26(22)33)32(21-35(27)28,23-13-6-5-7-14-23)31(38)34-24-15-8-3-4-9-16-24/h5-7,10-14,17-19,24H,2-4,8-9,15-16,20-21H2,1H3,(H,34,38). The van der Waals surface area contributed by atoms with Crippen molar-refractivity contribution in [2.45, 2.75) is 76.5 Å². The molecule has 6 rings (SSSR count). The molecule has 1 unspecified atom stereocenters. The van der Waals surface area contributed by atoms with Crippen LogP contribution in [0.15, 0.2) is 71.2 Å². The number of aromatic nitrogens is 1. The van der Waals surface area contributed by atoms with Crippen LogP contribution in [-0.4, -0.2) is 27.3 Å². The summed E-state index contributed by atoms with van der Waals surface area (Å²) in [5.41, 5.74) is 2.33. The molecular formula is C32H34BrN3O2S. The van der Waals surface area contributed by atoms with Crippen LogP contribution in [0.25, 0.3) is 10.2 Å². The lowest BCUT2D eigenvalue weighted by atomic mass is 9.83. The molecule has 2 aliphatic rings. The average molecular weight is 605 g/mol. The van der Waals surface area contributed by atoms with E-state index in [2.05, 4.69) is 38.8 Å².